The molecule has 1 N–H and O–H groups in total. The van der Waals surface area contributed by atoms with Crippen LogP contribution in [0, 0.1) is 13.8 Å². The normalized spacial score (nSPS) is 9.00. The van der Waals surface area contributed by atoms with Crippen LogP contribution < -0.4 is 0 Å². The number of aromatic nitrogens is 2. The van der Waals surface area contributed by atoms with Crippen LogP contribution in [0.2, 0.25) is 0 Å². The second-order valence-corrected chi connectivity index (χ2v) is 3.02. The van der Waals surface area contributed by atoms with Gasteiger partial charge in [0, 0.05) is 25.4 Å². The maximum absolute atomic E-state index is 11.4. The molecule has 14 heavy (non-hydrogen) atoms. The first-order chi connectivity index (χ1) is 6.54. The Bertz CT molecular complexity index is 302. The fraction of sp³-hybridized carbons (Fsp3) is 0.600. The third kappa shape index (κ3) is 2.58. The molecule has 1 aromatic heterocycles. The van der Waals surface area contributed by atoms with Crippen LogP contribution in [0.25, 0.3) is 0 Å². The van der Waals surface area contributed by atoms with Crippen molar-refractivity contribution in [1.82, 2.24) is 15.1 Å². The highest BCUT2D eigenvalue weighted by Gasteiger charge is 2.15. The summed E-state index contributed by atoms with van der Waals surface area (Å²) in [7, 11) is 3.43. The van der Waals surface area contributed by atoms with Gasteiger partial charge < -0.3 is 4.90 Å². The molecular formula is C10H19N3O. The van der Waals surface area contributed by atoms with Gasteiger partial charge in [0.2, 0.25) is 0 Å². The summed E-state index contributed by atoms with van der Waals surface area (Å²) in [6.07, 6.45) is 0. The molecule has 0 fully saturated rings. The van der Waals surface area contributed by atoms with Gasteiger partial charge in [0.05, 0.1) is 0 Å². The Balaban J connectivity index is 0.000000791. The van der Waals surface area contributed by atoms with Crippen LogP contribution in [0.3, 0.4) is 0 Å². The van der Waals surface area contributed by atoms with E-state index in [-0.39, 0.29) is 5.91 Å². The van der Waals surface area contributed by atoms with Gasteiger partial charge >= 0.3 is 0 Å². The molecule has 1 rings (SSSR count). The highest BCUT2D eigenvalue weighted by atomic mass is 16.2. The van der Waals surface area contributed by atoms with E-state index in [1.54, 1.807) is 14.1 Å². The summed E-state index contributed by atoms with van der Waals surface area (Å²) in [5, 5.41) is 6.70. The maximum atomic E-state index is 11.4. The van der Waals surface area contributed by atoms with Gasteiger partial charge in [-0.15, -0.1) is 0 Å². The zero-order chi connectivity index (χ0) is 11.3. The van der Waals surface area contributed by atoms with Crippen LogP contribution in [0.4, 0.5) is 0 Å². The van der Waals surface area contributed by atoms with Gasteiger partial charge in [0.1, 0.15) is 0 Å². The standard InChI is InChI=1S/C8H13N3O.C2H6/c1-5-6(2)9-10-7(5)8(12)11(3)4;1-2/h1-4H3,(H,9,10);1-2H3. The number of aromatic amines is 1. The van der Waals surface area contributed by atoms with Crippen molar-refractivity contribution in [2.45, 2.75) is 27.7 Å². The molecule has 0 aromatic carbocycles. The first-order valence-electron chi connectivity index (χ1n) is 4.77. The molecule has 0 unspecified atom stereocenters. The van der Waals surface area contributed by atoms with E-state index >= 15 is 0 Å². The Kier molecular flexibility index (Phi) is 4.91. The van der Waals surface area contributed by atoms with E-state index in [1.807, 2.05) is 27.7 Å². The monoisotopic (exact) mass is 197 g/mol. The average molecular weight is 197 g/mol. The Hall–Kier alpha value is -1.32. The summed E-state index contributed by atoms with van der Waals surface area (Å²) in [6.45, 7) is 7.78. The number of amides is 1. The van der Waals surface area contributed by atoms with Gasteiger partial charge in [-0.05, 0) is 13.8 Å². The molecule has 4 nitrogen and oxygen atoms in total. The van der Waals surface area contributed by atoms with Crippen molar-refractivity contribution >= 4 is 5.91 Å². The number of carbonyl (C=O) groups excluding carboxylic acids is 1. The molecular weight excluding hydrogens is 178 g/mol. The molecule has 1 aromatic rings. The number of carbonyl (C=O) groups is 1. The molecule has 0 radical (unpaired) electrons. The predicted octanol–water partition coefficient (Wildman–Crippen LogP) is 1.75. The van der Waals surface area contributed by atoms with Gasteiger partial charge in [0.25, 0.3) is 5.91 Å². The molecule has 0 aliphatic carbocycles. The zero-order valence-electron chi connectivity index (χ0n) is 9.80. The first-order valence-corrected chi connectivity index (χ1v) is 4.77. The number of hydrogen-bond acceptors (Lipinski definition) is 2. The van der Waals surface area contributed by atoms with Crippen LogP contribution in [0.15, 0.2) is 0 Å². The number of rotatable bonds is 1. The van der Waals surface area contributed by atoms with Gasteiger partial charge in [0.15, 0.2) is 5.69 Å². The molecule has 4 heteroatoms. The van der Waals surface area contributed by atoms with Crippen LogP contribution in [-0.4, -0.2) is 35.1 Å². The molecule has 0 aliphatic heterocycles. The molecule has 1 amide bonds. The SMILES string of the molecule is CC.Cc1[nH]nc(C(=O)N(C)C)c1C. The second-order valence-electron chi connectivity index (χ2n) is 3.02. The molecule has 0 saturated heterocycles. The van der Waals surface area contributed by atoms with Crippen LogP contribution in [0.1, 0.15) is 35.6 Å². The van der Waals surface area contributed by atoms with Crippen LogP contribution >= 0.6 is 0 Å². The Morgan fingerprint density at radius 2 is 1.79 bits per heavy atom. The number of H-pyrrole nitrogens is 1. The van der Waals surface area contributed by atoms with Crippen molar-refractivity contribution in [3.8, 4) is 0 Å². The molecule has 0 atom stereocenters. The summed E-state index contributed by atoms with van der Waals surface area (Å²) in [5.74, 6) is -0.0585. The number of nitrogens with one attached hydrogen (secondary N) is 1. The largest absolute Gasteiger partial charge is 0.343 e. The minimum Gasteiger partial charge on any atom is -0.343 e. The second kappa shape index (κ2) is 5.42. The van der Waals surface area contributed by atoms with E-state index in [0.29, 0.717) is 5.69 Å². The van der Waals surface area contributed by atoms with Gasteiger partial charge in [-0.3, -0.25) is 9.89 Å². The molecule has 1 heterocycles. The third-order valence-electron chi connectivity index (χ3n) is 1.86. The van der Waals surface area contributed by atoms with Gasteiger partial charge in [-0.1, -0.05) is 13.8 Å². The highest BCUT2D eigenvalue weighted by Crippen LogP contribution is 2.09. The number of hydrogen-bond donors (Lipinski definition) is 1. The van der Waals surface area contributed by atoms with Crippen molar-refractivity contribution in [2.24, 2.45) is 0 Å². The average Bonchev–Trinajstić information content (AvgIpc) is 2.50. The lowest BCUT2D eigenvalue weighted by molar-refractivity contribution is 0.0821. The topological polar surface area (TPSA) is 49.0 Å². The van der Waals surface area contributed by atoms with Crippen molar-refractivity contribution < 1.29 is 4.79 Å². The summed E-state index contributed by atoms with van der Waals surface area (Å²) >= 11 is 0. The molecule has 0 bridgehead atoms. The fourth-order valence-corrected chi connectivity index (χ4v) is 0.905. The van der Waals surface area contributed by atoms with E-state index in [2.05, 4.69) is 10.2 Å². The van der Waals surface area contributed by atoms with Crippen LogP contribution in [0.5, 0.6) is 0 Å². The smallest absolute Gasteiger partial charge is 0.274 e. The lowest BCUT2D eigenvalue weighted by Crippen LogP contribution is -2.22. The highest BCUT2D eigenvalue weighted by molar-refractivity contribution is 5.93. The quantitative estimate of drug-likeness (QED) is 0.745. The summed E-state index contributed by atoms with van der Waals surface area (Å²) in [5.41, 5.74) is 2.38. The van der Waals surface area contributed by atoms with E-state index in [4.69, 9.17) is 0 Å². The van der Waals surface area contributed by atoms with Gasteiger partial charge in [-0.25, -0.2) is 0 Å². The van der Waals surface area contributed by atoms with E-state index < -0.39 is 0 Å². The zero-order valence-corrected chi connectivity index (χ0v) is 9.80. The third-order valence-corrected chi connectivity index (χ3v) is 1.86. The van der Waals surface area contributed by atoms with Crippen molar-refractivity contribution in [1.29, 1.82) is 0 Å². The number of nitrogens with zero attached hydrogens (tertiary/aromatic N) is 2. The predicted molar refractivity (Wildman–Crippen MR) is 57.4 cm³/mol. The summed E-state index contributed by atoms with van der Waals surface area (Å²) in [6, 6.07) is 0. The minimum atomic E-state index is -0.0585. The van der Waals surface area contributed by atoms with Crippen LogP contribution in [-0.2, 0) is 0 Å². The lowest BCUT2D eigenvalue weighted by atomic mass is 10.2. The Morgan fingerprint density at radius 1 is 1.29 bits per heavy atom. The molecule has 0 saturated carbocycles. The van der Waals surface area contributed by atoms with Gasteiger partial charge in [-0.2, -0.15) is 5.10 Å². The maximum Gasteiger partial charge on any atom is 0.274 e. The molecule has 0 spiro atoms. The minimum absolute atomic E-state index is 0.0585. The van der Waals surface area contributed by atoms with Crippen molar-refractivity contribution in [3.63, 3.8) is 0 Å². The Labute approximate surface area is 85.3 Å². The summed E-state index contributed by atoms with van der Waals surface area (Å²) < 4.78 is 0. The van der Waals surface area contributed by atoms with E-state index in [9.17, 15) is 4.79 Å². The lowest BCUT2D eigenvalue weighted by Gasteiger charge is -2.07. The van der Waals surface area contributed by atoms with Crippen molar-refractivity contribution in [3.05, 3.63) is 17.0 Å². The molecule has 80 valence electrons. The van der Waals surface area contributed by atoms with E-state index in [1.165, 1.54) is 4.90 Å². The molecule has 0 aliphatic rings. The van der Waals surface area contributed by atoms with E-state index in [0.717, 1.165) is 11.3 Å². The number of aryl methyl sites for hydroxylation is 1. The first kappa shape index (κ1) is 12.7. The van der Waals surface area contributed by atoms with Crippen molar-refractivity contribution in [2.75, 3.05) is 14.1 Å². The summed E-state index contributed by atoms with van der Waals surface area (Å²) in [4.78, 5) is 12.9. The fourth-order valence-electron chi connectivity index (χ4n) is 0.905. The Morgan fingerprint density at radius 3 is 2.07 bits per heavy atom.